The standard InChI is InChI=1S/C21H27NO3S/c1-16-12-14-17(15-13-16)26(23,24)25-21-11-7-5-9-19(21)18-8-4-6-10-20(18)22(2)3/h4,6,8,10,12-15,19,21H,5,7,9,11H2,1-3H3/t19-,21+/m1/s1. The van der Waals surface area contributed by atoms with Crippen LogP contribution in [-0.2, 0) is 14.3 Å². The van der Waals surface area contributed by atoms with Crippen LogP contribution in [0.15, 0.2) is 53.4 Å². The van der Waals surface area contributed by atoms with E-state index < -0.39 is 10.1 Å². The molecule has 2 aromatic rings. The number of para-hydroxylation sites is 1. The van der Waals surface area contributed by atoms with Crippen LogP contribution in [0.5, 0.6) is 0 Å². The fourth-order valence-corrected chi connectivity index (χ4v) is 4.84. The Hall–Kier alpha value is -1.85. The van der Waals surface area contributed by atoms with Crippen molar-refractivity contribution in [3.05, 3.63) is 59.7 Å². The molecule has 26 heavy (non-hydrogen) atoms. The van der Waals surface area contributed by atoms with Crippen LogP contribution in [0.4, 0.5) is 5.69 Å². The quantitative estimate of drug-likeness (QED) is 0.724. The van der Waals surface area contributed by atoms with Crippen molar-refractivity contribution in [2.45, 2.75) is 49.5 Å². The van der Waals surface area contributed by atoms with E-state index in [4.69, 9.17) is 4.18 Å². The first-order valence-corrected chi connectivity index (χ1v) is 10.6. The van der Waals surface area contributed by atoms with E-state index in [0.29, 0.717) is 0 Å². The Labute approximate surface area is 156 Å². The van der Waals surface area contributed by atoms with Crippen molar-refractivity contribution in [1.82, 2.24) is 0 Å². The number of rotatable bonds is 5. The van der Waals surface area contributed by atoms with Crippen LogP contribution < -0.4 is 4.90 Å². The van der Waals surface area contributed by atoms with Gasteiger partial charge in [0.2, 0.25) is 0 Å². The predicted octanol–water partition coefficient (Wildman–Crippen LogP) is 4.49. The molecule has 0 N–H and O–H groups in total. The zero-order valence-corrected chi connectivity index (χ0v) is 16.5. The van der Waals surface area contributed by atoms with E-state index in [9.17, 15) is 8.42 Å². The van der Waals surface area contributed by atoms with Gasteiger partial charge in [0.25, 0.3) is 10.1 Å². The third kappa shape index (κ3) is 4.10. The minimum absolute atomic E-state index is 0.0857. The molecule has 0 amide bonds. The van der Waals surface area contributed by atoms with Crippen molar-refractivity contribution in [2.24, 2.45) is 0 Å². The summed E-state index contributed by atoms with van der Waals surface area (Å²) >= 11 is 0. The molecule has 0 radical (unpaired) electrons. The van der Waals surface area contributed by atoms with Gasteiger partial charge in [-0.2, -0.15) is 8.42 Å². The first-order valence-electron chi connectivity index (χ1n) is 9.15. The first-order chi connectivity index (χ1) is 12.4. The molecule has 1 saturated carbocycles. The second kappa shape index (κ2) is 7.80. The highest BCUT2D eigenvalue weighted by Gasteiger charge is 2.33. The van der Waals surface area contributed by atoms with Crippen molar-refractivity contribution >= 4 is 15.8 Å². The number of hydrogen-bond acceptors (Lipinski definition) is 4. The van der Waals surface area contributed by atoms with Gasteiger partial charge in [-0.05, 0) is 43.5 Å². The predicted molar refractivity (Wildman–Crippen MR) is 105 cm³/mol. The lowest BCUT2D eigenvalue weighted by atomic mass is 9.81. The summed E-state index contributed by atoms with van der Waals surface area (Å²) < 4.78 is 31.3. The summed E-state index contributed by atoms with van der Waals surface area (Å²) in [7, 11) is 0.265. The van der Waals surface area contributed by atoms with Gasteiger partial charge in [0.15, 0.2) is 0 Å². The lowest BCUT2D eigenvalue weighted by Gasteiger charge is -2.33. The lowest BCUT2D eigenvalue weighted by Crippen LogP contribution is -2.30. The van der Waals surface area contributed by atoms with Crippen LogP contribution in [0.1, 0.15) is 42.7 Å². The van der Waals surface area contributed by atoms with Gasteiger partial charge in [-0.1, -0.05) is 48.7 Å². The van der Waals surface area contributed by atoms with Gasteiger partial charge in [-0.15, -0.1) is 0 Å². The molecule has 140 valence electrons. The van der Waals surface area contributed by atoms with E-state index in [1.807, 2.05) is 33.2 Å². The highest BCUT2D eigenvalue weighted by atomic mass is 32.2. The van der Waals surface area contributed by atoms with Crippen LogP contribution in [0, 0.1) is 6.92 Å². The molecule has 2 aromatic carbocycles. The normalized spacial score (nSPS) is 20.7. The minimum atomic E-state index is -3.76. The number of nitrogens with zero attached hydrogens (tertiary/aromatic N) is 1. The summed E-state index contributed by atoms with van der Waals surface area (Å²) in [5.41, 5.74) is 3.32. The Morgan fingerprint density at radius 3 is 2.31 bits per heavy atom. The maximum atomic E-state index is 12.8. The molecule has 1 fully saturated rings. The van der Waals surface area contributed by atoms with E-state index in [2.05, 4.69) is 17.0 Å². The number of benzene rings is 2. The second-order valence-corrected chi connectivity index (χ2v) is 8.82. The third-order valence-corrected chi connectivity index (χ3v) is 6.43. The largest absolute Gasteiger partial charge is 0.377 e. The first kappa shape index (κ1) is 18.9. The van der Waals surface area contributed by atoms with Gasteiger partial charge in [0, 0.05) is 25.7 Å². The van der Waals surface area contributed by atoms with Crippen molar-refractivity contribution in [3.8, 4) is 0 Å². The molecule has 0 heterocycles. The van der Waals surface area contributed by atoms with Crippen LogP contribution in [-0.4, -0.2) is 28.6 Å². The van der Waals surface area contributed by atoms with Crippen molar-refractivity contribution in [3.63, 3.8) is 0 Å². The highest BCUT2D eigenvalue weighted by Crippen LogP contribution is 2.40. The van der Waals surface area contributed by atoms with Gasteiger partial charge in [-0.25, -0.2) is 0 Å². The average Bonchev–Trinajstić information content (AvgIpc) is 2.62. The van der Waals surface area contributed by atoms with E-state index >= 15 is 0 Å². The molecular weight excluding hydrogens is 346 g/mol. The molecule has 0 unspecified atom stereocenters. The van der Waals surface area contributed by atoms with E-state index in [0.717, 1.165) is 36.9 Å². The molecule has 3 rings (SSSR count). The SMILES string of the molecule is Cc1ccc(S(=O)(=O)O[C@H]2CCCC[C@@H]2c2ccccc2N(C)C)cc1. The van der Waals surface area contributed by atoms with Crippen molar-refractivity contribution in [1.29, 1.82) is 0 Å². The molecule has 1 aliphatic rings. The Bertz CT molecular complexity index is 844. The van der Waals surface area contributed by atoms with Crippen molar-refractivity contribution in [2.75, 3.05) is 19.0 Å². The Morgan fingerprint density at radius 2 is 1.62 bits per heavy atom. The van der Waals surface area contributed by atoms with Crippen LogP contribution in [0.3, 0.4) is 0 Å². The molecule has 1 aliphatic carbocycles. The summed E-state index contributed by atoms with van der Waals surface area (Å²) in [5.74, 6) is 0.0857. The van der Waals surface area contributed by atoms with Gasteiger partial charge >= 0.3 is 0 Å². The molecular formula is C21H27NO3S. The summed E-state index contributed by atoms with van der Waals surface area (Å²) in [6.45, 7) is 1.94. The van der Waals surface area contributed by atoms with Gasteiger partial charge in [0.05, 0.1) is 11.0 Å². The monoisotopic (exact) mass is 373 g/mol. The smallest absolute Gasteiger partial charge is 0.297 e. The van der Waals surface area contributed by atoms with Crippen molar-refractivity contribution < 1.29 is 12.6 Å². The lowest BCUT2D eigenvalue weighted by molar-refractivity contribution is 0.137. The molecule has 5 heteroatoms. The molecule has 0 spiro atoms. The maximum Gasteiger partial charge on any atom is 0.297 e. The summed E-state index contributed by atoms with van der Waals surface area (Å²) in [5, 5.41) is 0. The minimum Gasteiger partial charge on any atom is -0.377 e. The van der Waals surface area contributed by atoms with Gasteiger partial charge in [0.1, 0.15) is 0 Å². The van der Waals surface area contributed by atoms with Gasteiger partial charge < -0.3 is 4.90 Å². The Balaban J connectivity index is 1.89. The van der Waals surface area contributed by atoms with E-state index in [1.165, 1.54) is 5.56 Å². The zero-order chi connectivity index (χ0) is 18.7. The van der Waals surface area contributed by atoms with E-state index in [-0.39, 0.29) is 16.9 Å². The number of hydrogen-bond donors (Lipinski definition) is 0. The molecule has 0 aromatic heterocycles. The summed E-state index contributed by atoms with van der Waals surface area (Å²) in [4.78, 5) is 2.31. The molecule has 0 bridgehead atoms. The highest BCUT2D eigenvalue weighted by molar-refractivity contribution is 7.86. The Kier molecular flexibility index (Phi) is 5.68. The fourth-order valence-electron chi connectivity index (χ4n) is 3.70. The molecule has 0 aliphatic heterocycles. The molecule has 2 atom stereocenters. The van der Waals surface area contributed by atoms with Gasteiger partial charge in [-0.3, -0.25) is 4.18 Å². The maximum absolute atomic E-state index is 12.8. The van der Waals surface area contributed by atoms with E-state index in [1.54, 1.807) is 24.3 Å². The Morgan fingerprint density at radius 1 is 0.962 bits per heavy atom. The third-order valence-electron chi connectivity index (χ3n) is 5.08. The number of aryl methyl sites for hydroxylation is 1. The van der Waals surface area contributed by atoms with Crippen LogP contribution in [0.2, 0.25) is 0 Å². The second-order valence-electron chi connectivity index (χ2n) is 7.25. The summed E-state index contributed by atoms with van der Waals surface area (Å²) in [6, 6.07) is 15.1. The van der Waals surface area contributed by atoms with Crippen LogP contribution >= 0.6 is 0 Å². The zero-order valence-electron chi connectivity index (χ0n) is 15.7. The molecule has 0 saturated heterocycles. The topological polar surface area (TPSA) is 46.6 Å². The molecule has 4 nitrogen and oxygen atoms in total. The fraction of sp³-hybridized carbons (Fsp3) is 0.429. The van der Waals surface area contributed by atoms with Crippen LogP contribution in [0.25, 0.3) is 0 Å². The average molecular weight is 374 g/mol. The number of anilines is 1. The summed E-state index contributed by atoms with van der Waals surface area (Å²) in [6.07, 6.45) is 3.47.